The standard InChI is InChI=1S/C19H25N5O3S/c1-4-22-10-12-23(13-11-22)24-14-16(27-21-24)20-18(26)19(2,3)28-17(25)15-8-6-5-7-9-15/h5-9,14H,4,10-13H2,1-3H3/p+1. The fourth-order valence-corrected chi connectivity index (χ4v) is 3.72. The Bertz CT molecular complexity index is 816. The molecule has 28 heavy (non-hydrogen) atoms. The predicted octanol–water partition coefficient (Wildman–Crippen LogP) is 1.53. The minimum absolute atomic E-state index is 0.151. The molecule has 0 bridgehead atoms. The second-order valence-electron chi connectivity index (χ2n) is 7.09. The Morgan fingerprint density at radius 3 is 2.54 bits per heavy atom. The highest BCUT2D eigenvalue weighted by Gasteiger charge is 2.34. The third-order valence-electron chi connectivity index (χ3n) is 4.68. The molecule has 1 N–H and O–H groups in total. The van der Waals surface area contributed by atoms with E-state index in [9.17, 15) is 9.59 Å². The minimum atomic E-state index is -0.961. The first kappa shape index (κ1) is 20.3. The van der Waals surface area contributed by atoms with E-state index in [1.807, 2.05) is 6.07 Å². The first-order chi connectivity index (χ1) is 13.4. The van der Waals surface area contributed by atoms with Gasteiger partial charge in [-0.05, 0) is 20.4 Å². The van der Waals surface area contributed by atoms with E-state index in [1.165, 1.54) is 0 Å². The summed E-state index contributed by atoms with van der Waals surface area (Å²) in [4.78, 5) is 29.1. The van der Waals surface area contributed by atoms with E-state index in [1.54, 1.807) is 49.1 Å². The molecule has 1 fully saturated rings. The number of carbonyl (C=O) groups excluding carboxylic acids is 2. The molecule has 1 amide bonds. The lowest BCUT2D eigenvalue weighted by atomic mass is 10.2. The monoisotopic (exact) mass is 404 g/mol. The zero-order chi connectivity index (χ0) is 20.1. The summed E-state index contributed by atoms with van der Waals surface area (Å²) in [6.45, 7) is 10.2. The molecule has 2 aromatic rings. The largest absolute Gasteiger partial charge is 0.305 e. The third-order valence-corrected chi connectivity index (χ3v) is 5.80. The highest BCUT2D eigenvalue weighted by Crippen LogP contribution is 2.29. The van der Waals surface area contributed by atoms with Gasteiger partial charge in [0.05, 0.1) is 22.6 Å². The number of amides is 1. The molecular weight excluding hydrogens is 378 g/mol. The zero-order valence-electron chi connectivity index (χ0n) is 16.4. The number of hydrogen-bond acceptors (Lipinski definition) is 7. The SMILES string of the molecule is CCN1CCN([n+]2cc(NC(=O)C(C)(C)SC(=O)c3ccccc3)on2)CC1. The van der Waals surface area contributed by atoms with E-state index in [4.69, 9.17) is 4.52 Å². The van der Waals surface area contributed by atoms with Gasteiger partial charge in [-0.2, -0.15) is 5.01 Å². The lowest BCUT2D eigenvalue weighted by molar-refractivity contribution is -0.759. The number of nitrogens with one attached hydrogen (secondary N) is 1. The second-order valence-corrected chi connectivity index (χ2v) is 8.69. The van der Waals surface area contributed by atoms with Gasteiger partial charge in [-0.25, -0.2) is 0 Å². The average molecular weight is 405 g/mol. The van der Waals surface area contributed by atoms with E-state index in [0.29, 0.717) is 5.56 Å². The molecule has 3 rings (SSSR count). The molecule has 1 aromatic heterocycles. The van der Waals surface area contributed by atoms with Crippen LogP contribution in [0.3, 0.4) is 0 Å². The molecule has 0 radical (unpaired) electrons. The summed E-state index contributed by atoms with van der Waals surface area (Å²) in [6, 6.07) is 8.92. The number of piperazine rings is 1. The highest BCUT2D eigenvalue weighted by molar-refractivity contribution is 8.15. The van der Waals surface area contributed by atoms with E-state index in [0.717, 1.165) is 44.5 Å². The van der Waals surface area contributed by atoms with Gasteiger partial charge in [0.25, 0.3) is 6.20 Å². The molecule has 0 unspecified atom stereocenters. The number of aromatic nitrogens is 2. The third kappa shape index (κ3) is 4.90. The van der Waals surface area contributed by atoms with Crippen molar-refractivity contribution in [1.82, 2.24) is 10.2 Å². The maximum absolute atomic E-state index is 12.7. The Hall–Kier alpha value is -2.39. The number of hydrogen-bond donors (Lipinski definition) is 1. The van der Waals surface area contributed by atoms with E-state index < -0.39 is 4.75 Å². The van der Waals surface area contributed by atoms with Crippen LogP contribution in [0.25, 0.3) is 0 Å². The summed E-state index contributed by atoms with van der Waals surface area (Å²) in [6.07, 6.45) is 1.65. The van der Waals surface area contributed by atoms with Crippen molar-refractivity contribution in [3.05, 3.63) is 42.1 Å². The van der Waals surface area contributed by atoms with Gasteiger partial charge < -0.3 is 0 Å². The Morgan fingerprint density at radius 2 is 1.89 bits per heavy atom. The van der Waals surface area contributed by atoms with E-state index >= 15 is 0 Å². The van der Waals surface area contributed by atoms with Gasteiger partial charge in [-0.15, -0.1) is 0 Å². The van der Waals surface area contributed by atoms with Crippen molar-refractivity contribution in [2.24, 2.45) is 0 Å². The fraction of sp³-hybridized carbons (Fsp3) is 0.474. The summed E-state index contributed by atoms with van der Waals surface area (Å²) in [5, 5.41) is 8.62. The van der Waals surface area contributed by atoms with Gasteiger partial charge in [-0.3, -0.25) is 24.3 Å². The molecule has 1 aromatic carbocycles. The second kappa shape index (κ2) is 8.74. The molecule has 1 aliphatic rings. The highest BCUT2D eigenvalue weighted by atomic mass is 32.2. The Labute approximate surface area is 168 Å². The number of thioether (sulfide) groups is 1. The quantitative estimate of drug-likeness (QED) is 0.731. The van der Waals surface area contributed by atoms with Gasteiger partial charge in [0.1, 0.15) is 0 Å². The molecule has 0 spiro atoms. The van der Waals surface area contributed by atoms with Crippen LogP contribution in [0.1, 0.15) is 31.1 Å². The van der Waals surface area contributed by atoms with Crippen LogP contribution in [0.5, 0.6) is 0 Å². The predicted molar refractivity (Wildman–Crippen MR) is 108 cm³/mol. The molecule has 2 heterocycles. The van der Waals surface area contributed by atoms with Crippen LogP contribution in [0.2, 0.25) is 0 Å². The Balaban J connectivity index is 1.58. The summed E-state index contributed by atoms with van der Waals surface area (Å²) in [7, 11) is 0. The van der Waals surface area contributed by atoms with Crippen LogP contribution in [0.4, 0.5) is 5.88 Å². The van der Waals surface area contributed by atoms with Crippen LogP contribution in [0.15, 0.2) is 41.1 Å². The van der Waals surface area contributed by atoms with Crippen LogP contribution >= 0.6 is 11.8 Å². The Morgan fingerprint density at radius 1 is 1.21 bits per heavy atom. The van der Waals surface area contributed by atoms with Crippen molar-refractivity contribution in [3.63, 3.8) is 0 Å². The van der Waals surface area contributed by atoms with Crippen molar-refractivity contribution in [1.29, 1.82) is 0 Å². The maximum atomic E-state index is 12.7. The number of nitrogens with zero attached hydrogens (tertiary/aromatic N) is 4. The molecule has 8 nitrogen and oxygen atoms in total. The maximum Gasteiger partial charge on any atom is 0.305 e. The van der Waals surface area contributed by atoms with Crippen molar-refractivity contribution in [2.75, 3.05) is 43.0 Å². The summed E-state index contributed by atoms with van der Waals surface area (Å²) >= 11 is 0.984. The van der Waals surface area contributed by atoms with Gasteiger partial charge in [0, 0.05) is 18.7 Å². The number of rotatable bonds is 6. The van der Waals surface area contributed by atoms with Crippen molar-refractivity contribution < 1.29 is 18.9 Å². The molecule has 0 atom stereocenters. The number of carbonyl (C=O) groups is 2. The molecular formula is C19H26N5O3S+. The van der Waals surface area contributed by atoms with Crippen LogP contribution < -0.4 is 15.1 Å². The zero-order valence-corrected chi connectivity index (χ0v) is 17.2. The summed E-state index contributed by atoms with van der Waals surface area (Å²) in [5.41, 5.74) is 0.567. The summed E-state index contributed by atoms with van der Waals surface area (Å²) < 4.78 is 4.30. The lowest BCUT2D eigenvalue weighted by Crippen LogP contribution is -2.65. The van der Waals surface area contributed by atoms with Crippen LogP contribution in [-0.2, 0) is 4.79 Å². The molecule has 1 aliphatic heterocycles. The van der Waals surface area contributed by atoms with E-state index in [-0.39, 0.29) is 16.9 Å². The molecule has 1 saturated heterocycles. The van der Waals surface area contributed by atoms with Crippen LogP contribution in [0, 0.1) is 0 Å². The average Bonchev–Trinajstić information content (AvgIpc) is 3.17. The first-order valence-corrected chi connectivity index (χ1v) is 10.2. The summed E-state index contributed by atoms with van der Waals surface area (Å²) in [5.74, 6) is -0.0651. The molecule has 150 valence electrons. The van der Waals surface area contributed by atoms with Gasteiger partial charge in [-0.1, -0.05) is 49.0 Å². The van der Waals surface area contributed by atoms with Crippen molar-refractivity contribution in [3.8, 4) is 0 Å². The van der Waals surface area contributed by atoms with Crippen LogP contribution in [-0.4, -0.2) is 58.7 Å². The van der Waals surface area contributed by atoms with Crippen molar-refractivity contribution in [2.45, 2.75) is 25.5 Å². The van der Waals surface area contributed by atoms with Gasteiger partial charge in [0.2, 0.25) is 16.3 Å². The van der Waals surface area contributed by atoms with Gasteiger partial charge >= 0.3 is 5.88 Å². The smallest absolute Gasteiger partial charge is 0.300 e. The number of anilines is 1. The number of benzene rings is 1. The van der Waals surface area contributed by atoms with Crippen molar-refractivity contribution >= 4 is 28.7 Å². The topological polar surface area (TPSA) is 82.6 Å². The minimum Gasteiger partial charge on any atom is -0.300 e. The normalized spacial score (nSPS) is 15.5. The molecule has 9 heteroatoms. The molecule has 0 aliphatic carbocycles. The molecule has 0 saturated carbocycles. The number of likely N-dealkylation sites (N-methyl/N-ethyl adjacent to an activating group) is 1. The lowest BCUT2D eigenvalue weighted by Gasteiger charge is -2.28. The Kier molecular flexibility index (Phi) is 6.35. The fourth-order valence-electron chi connectivity index (χ4n) is 2.86. The van der Waals surface area contributed by atoms with E-state index in [2.05, 4.69) is 27.4 Å². The van der Waals surface area contributed by atoms with Gasteiger partial charge in [0.15, 0.2) is 0 Å². The first-order valence-electron chi connectivity index (χ1n) is 9.35.